The minimum atomic E-state index is -0.498. The number of carbonyl (C=O) groups is 2. The lowest BCUT2D eigenvalue weighted by atomic mass is 10.2. The van der Waals surface area contributed by atoms with E-state index in [0.29, 0.717) is 6.61 Å². The van der Waals surface area contributed by atoms with Gasteiger partial charge < -0.3 is 14.2 Å². The van der Waals surface area contributed by atoms with Gasteiger partial charge in [-0.15, -0.1) is 0 Å². The highest BCUT2D eigenvalue weighted by molar-refractivity contribution is 9.10. The third kappa shape index (κ3) is 8.22. The van der Waals surface area contributed by atoms with Gasteiger partial charge in [0, 0.05) is 16.6 Å². The fourth-order valence-electron chi connectivity index (χ4n) is 2.10. The molecule has 0 unspecified atom stereocenters. The van der Waals surface area contributed by atoms with Gasteiger partial charge in [-0.2, -0.15) is 0 Å². The molecule has 0 aliphatic carbocycles. The predicted octanol–water partition coefficient (Wildman–Crippen LogP) is 4.75. The summed E-state index contributed by atoms with van der Waals surface area (Å²) in [6.45, 7) is 2.86. The van der Waals surface area contributed by atoms with Gasteiger partial charge in [-0.3, -0.25) is 0 Å². The van der Waals surface area contributed by atoms with Gasteiger partial charge in [-0.05, 0) is 42.3 Å². The van der Waals surface area contributed by atoms with Crippen LogP contribution in [-0.2, 0) is 32.3 Å². The molecule has 0 fully saturated rings. The molecule has 2 rings (SSSR count). The molecule has 5 nitrogen and oxygen atoms in total. The number of rotatable bonds is 9. The van der Waals surface area contributed by atoms with Crippen molar-refractivity contribution in [1.29, 1.82) is 0 Å². The lowest BCUT2D eigenvalue weighted by Crippen LogP contribution is -2.01. The van der Waals surface area contributed by atoms with Crippen LogP contribution in [0.1, 0.15) is 18.1 Å². The SMILES string of the molecule is CCOc1ccc(COC(=O)/C=C/C=C/C(=O)OCc2ccc(Br)cc2)cc1. The first-order chi connectivity index (χ1) is 13.6. The molecule has 0 aliphatic heterocycles. The number of halogens is 1. The Kier molecular flexibility index (Phi) is 9.01. The van der Waals surface area contributed by atoms with Crippen LogP contribution in [0.2, 0.25) is 0 Å². The van der Waals surface area contributed by atoms with E-state index in [1.54, 1.807) is 0 Å². The molecule has 0 aromatic heterocycles. The molecular weight excluding hydrogens is 424 g/mol. The van der Waals surface area contributed by atoms with Crippen LogP contribution >= 0.6 is 15.9 Å². The van der Waals surface area contributed by atoms with Crippen LogP contribution in [0.4, 0.5) is 0 Å². The Bertz CT molecular complexity index is 823. The van der Waals surface area contributed by atoms with E-state index in [2.05, 4.69) is 15.9 Å². The lowest BCUT2D eigenvalue weighted by Gasteiger charge is -2.05. The van der Waals surface area contributed by atoms with Gasteiger partial charge in [0.25, 0.3) is 0 Å². The highest BCUT2D eigenvalue weighted by atomic mass is 79.9. The van der Waals surface area contributed by atoms with E-state index in [-0.39, 0.29) is 13.2 Å². The first kappa shape index (κ1) is 21.4. The summed E-state index contributed by atoms with van der Waals surface area (Å²) < 4.78 is 16.5. The average molecular weight is 445 g/mol. The van der Waals surface area contributed by atoms with E-state index in [0.717, 1.165) is 21.3 Å². The molecule has 0 N–H and O–H groups in total. The zero-order valence-electron chi connectivity index (χ0n) is 15.5. The molecule has 0 spiro atoms. The topological polar surface area (TPSA) is 61.8 Å². The van der Waals surface area contributed by atoms with Crippen molar-refractivity contribution < 1.29 is 23.8 Å². The van der Waals surface area contributed by atoms with Crippen molar-refractivity contribution in [3.8, 4) is 5.75 Å². The molecular formula is C22H21BrO5. The van der Waals surface area contributed by atoms with E-state index < -0.39 is 11.9 Å². The van der Waals surface area contributed by atoms with Crippen molar-refractivity contribution in [2.75, 3.05) is 6.61 Å². The van der Waals surface area contributed by atoms with Crippen LogP contribution in [0.5, 0.6) is 5.75 Å². The molecule has 0 atom stereocenters. The Morgan fingerprint density at radius 3 is 1.75 bits per heavy atom. The van der Waals surface area contributed by atoms with Crippen molar-refractivity contribution in [2.45, 2.75) is 20.1 Å². The maximum Gasteiger partial charge on any atom is 0.331 e. The smallest absolute Gasteiger partial charge is 0.331 e. The second-order valence-electron chi connectivity index (χ2n) is 5.64. The number of hydrogen-bond donors (Lipinski definition) is 0. The van der Waals surface area contributed by atoms with Gasteiger partial charge in [-0.1, -0.05) is 52.3 Å². The Labute approximate surface area is 172 Å². The fraction of sp³-hybridized carbons (Fsp3) is 0.182. The largest absolute Gasteiger partial charge is 0.494 e. The minimum Gasteiger partial charge on any atom is -0.494 e. The minimum absolute atomic E-state index is 0.161. The Morgan fingerprint density at radius 2 is 1.29 bits per heavy atom. The first-order valence-corrected chi connectivity index (χ1v) is 9.50. The quantitative estimate of drug-likeness (QED) is 0.317. The summed E-state index contributed by atoms with van der Waals surface area (Å²) in [7, 11) is 0. The molecule has 0 saturated heterocycles. The predicted molar refractivity (Wildman–Crippen MR) is 110 cm³/mol. The monoisotopic (exact) mass is 444 g/mol. The van der Waals surface area contributed by atoms with Crippen molar-refractivity contribution >= 4 is 27.9 Å². The number of esters is 2. The molecule has 0 aliphatic rings. The summed E-state index contributed by atoms with van der Waals surface area (Å²) in [6.07, 6.45) is 5.35. The fourth-order valence-corrected chi connectivity index (χ4v) is 2.37. The van der Waals surface area contributed by atoms with Gasteiger partial charge in [-0.25, -0.2) is 9.59 Å². The molecule has 0 amide bonds. The highest BCUT2D eigenvalue weighted by Gasteiger charge is 2.00. The third-order valence-corrected chi connectivity index (χ3v) is 4.01. The van der Waals surface area contributed by atoms with E-state index >= 15 is 0 Å². The number of allylic oxidation sites excluding steroid dienone is 2. The zero-order valence-corrected chi connectivity index (χ0v) is 17.1. The molecule has 6 heteroatoms. The van der Waals surface area contributed by atoms with Gasteiger partial charge in [0.1, 0.15) is 19.0 Å². The molecule has 0 radical (unpaired) electrons. The van der Waals surface area contributed by atoms with Crippen LogP contribution in [0, 0.1) is 0 Å². The van der Waals surface area contributed by atoms with Crippen LogP contribution in [0.3, 0.4) is 0 Å². The normalized spacial score (nSPS) is 10.9. The molecule has 2 aromatic carbocycles. The molecule has 0 bridgehead atoms. The zero-order chi connectivity index (χ0) is 20.2. The van der Waals surface area contributed by atoms with E-state index in [1.165, 1.54) is 24.3 Å². The van der Waals surface area contributed by atoms with Crippen molar-refractivity contribution in [2.24, 2.45) is 0 Å². The van der Waals surface area contributed by atoms with Crippen molar-refractivity contribution in [3.63, 3.8) is 0 Å². The number of ether oxygens (including phenoxy) is 3. The lowest BCUT2D eigenvalue weighted by molar-refractivity contribution is -0.140. The molecule has 0 heterocycles. The van der Waals surface area contributed by atoms with E-state index in [1.807, 2.05) is 55.5 Å². The van der Waals surface area contributed by atoms with Crippen molar-refractivity contribution in [1.82, 2.24) is 0 Å². The Morgan fingerprint density at radius 1 is 0.821 bits per heavy atom. The van der Waals surface area contributed by atoms with Crippen LogP contribution in [0.25, 0.3) is 0 Å². The van der Waals surface area contributed by atoms with Gasteiger partial charge in [0.05, 0.1) is 6.61 Å². The summed E-state index contributed by atoms with van der Waals surface area (Å²) in [5, 5.41) is 0. The average Bonchev–Trinajstić information content (AvgIpc) is 2.70. The summed E-state index contributed by atoms with van der Waals surface area (Å²) in [5.41, 5.74) is 1.75. The van der Waals surface area contributed by atoms with Gasteiger partial charge in [0.2, 0.25) is 0 Å². The molecule has 2 aromatic rings. The second kappa shape index (κ2) is 11.8. The summed E-state index contributed by atoms with van der Waals surface area (Å²) in [5.74, 6) is -0.216. The number of carbonyl (C=O) groups excluding carboxylic acids is 2. The second-order valence-corrected chi connectivity index (χ2v) is 6.55. The molecule has 146 valence electrons. The van der Waals surface area contributed by atoms with E-state index in [9.17, 15) is 9.59 Å². The van der Waals surface area contributed by atoms with Gasteiger partial charge >= 0.3 is 11.9 Å². The van der Waals surface area contributed by atoms with Crippen molar-refractivity contribution in [3.05, 3.63) is 88.4 Å². The van der Waals surface area contributed by atoms with Crippen LogP contribution < -0.4 is 4.74 Å². The standard InChI is InChI=1S/C22H21BrO5/c1-2-26-20-13-9-18(10-14-20)16-28-22(25)6-4-3-5-21(24)27-15-17-7-11-19(23)12-8-17/h3-14H,2,15-16H2,1H3/b5-3+,6-4+. The summed E-state index contributed by atoms with van der Waals surface area (Å²) in [4.78, 5) is 23.3. The van der Waals surface area contributed by atoms with Gasteiger partial charge in [0.15, 0.2) is 0 Å². The third-order valence-electron chi connectivity index (χ3n) is 3.49. The van der Waals surface area contributed by atoms with E-state index in [4.69, 9.17) is 14.2 Å². The highest BCUT2D eigenvalue weighted by Crippen LogP contribution is 2.13. The molecule has 28 heavy (non-hydrogen) atoms. The van der Waals surface area contributed by atoms with Crippen LogP contribution in [-0.4, -0.2) is 18.5 Å². The summed E-state index contributed by atoms with van der Waals surface area (Å²) >= 11 is 3.34. The molecule has 0 saturated carbocycles. The maximum absolute atomic E-state index is 11.7. The summed E-state index contributed by atoms with van der Waals surface area (Å²) in [6, 6.07) is 14.8. The number of hydrogen-bond acceptors (Lipinski definition) is 5. The first-order valence-electron chi connectivity index (χ1n) is 8.71. The Hall–Kier alpha value is -2.86. The van der Waals surface area contributed by atoms with Crippen LogP contribution in [0.15, 0.2) is 77.3 Å². The maximum atomic E-state index is 11.7. The number of benzene rings is 2. The Balaban J connectivity index is 1.68.